The van der Waals surface area contributed by atoms with Crippen LogP contribution in [0.3, 0.4) is 0 Å². The first-order valence-corrected chi connectivity index (χ1v) is 11.2. The van der Waals surface area contributed by atoms with E-state index in [4.69, 9.17) is 4.98 Å². The fourth-order valence-corrected chi connectivity index (χ4v) is 3.95. The third-order valence-electron chi connectivity index (χ3n) is 5.84. The topological polar surface area (TPSA) is 58.1 Å². The van der Waals surface area contributed by atoms with Gasteiger partial charge in [-0.2, -0.15) is 0 Å². The molecule has 0 radical (unpaired) electrons. The highest BCUT2D eigenvalue weighted by Gasteiger charge is 2.21. The number of nitrogens with zero attached hydrogens (tertiary/aromatic N) is 3. The Morgan fingerprint density at radius 1 is 1.09 bits per heavy atom. The van der Waals surface area contributed by atoms with Crippen LogP contribution in [0.15, 0.2) is 54.6 Å². The van der Waals surface area contributed by atoms with E-state index in [0.717, 1.165) is 25.2 Å². The molecule has 2 heterocycles. The Kier molecular flexibility index (Phi) is 6.78. The molecule has 5 nitrogen and oxygen atoms in total. The van der Waals surface area contributed by atoms with Gasteiger partial charge in [-0.15, -0.1) is 0 Å². The molecule has 166 valence electrons. The summed E-state index contributed by atoms with van der Waals surface area (Å²) in [5.41, 5.74) is 4.53. The highest BCUT2D eigenvalue weighted by atomic mass is 19.1. The van der Waals surface area contributed by atoms with Crippen molar-refractivity contribution in [1.29, 1.82) is 0 Å². The Hall–Kier alpha value is -3.28. The van der Waals surface area contributed by atoms with Crippen LogP contribution in [-0.4, -0.2) is 29.0 Å². The molecule has 0 saturated heterocycles. The van der Waals surface area contributed by atoms with Crippen LogP contribution in [0.4, 0.5) is 10.3 Å². The highest BCUT2D eigenvalue weighted by Crippen LogP contribution is 2.24. The molecule has 1 N–H and O–H groups in total. The number of aromatic nitrogens is 2. The van der Waals surface area contributed by atoms with Gasteiger partial charge in [0.25, 0.3) is 5.91 Å². The first kappa shape index (κ1) is 21.9. The first-order chi connectivity index (χ1) is 15.5. The van der Waals surface area contributed by atoms with E-state index in [0.29, 0.717) is 36.6 Å². The number of nitrogens with one attached hydrogen (secondary N) is 1. The molecular formula is C26H29FN4O. The molecule has 2 aromatic carbocycles. The van der Waals surface area contributed by atoms with Gasteiger partial charge in [0.05, 0.1) is 0 Å². The molecule has 0 saturated carbocycles. The average molecular weight is 433 g/mol. The number of fused-ring (bicyclic) bond motifs is 1. The molecule has 0 spiro atoms. The van der Waals surface area contributed by atoms with Crippen molar-refractivity contribution in [2.75, 3.05) is 18.0 Å². The van der Waals surface area contributed by atoms with Gasteiger partial charge in [0.2, 0.25) is 5.95 Å². The van der Waals surface area contributed by atoms with Gasteiger partial charge in [-0.1, -0.05) is 56.3 Å². The molecule has 1 aromatic heterocycles. The van der Waals surface area contributed by atoms with Gasteiger partial charge < -0.3 is 10.2 Å². The van der Waals surface area contributed by atoms with Gasteiger partial charge >= 0.3 is 0 Å². The predicted molar refractivity (Wildman–Crippen MR) is 124 cm³/mol. The summed E-state index contributed by atoms with van der Waals surface area (Å²) in [4.78, 5) is 24.3. The van der Waals surface area contributed by atoms with Gasteiger partial charge in [0.1, 0.15) is 11.5 Å². The third kappa shape index (κ3) is 5.13. The van der Waals surface area contributed by atoms with Crippen LogP contribution in [-0.2, 0) is 19.4 Å². The van der Waals surface area contributed by atoms with E-state index in [1.165, 1.54) is 17.2 Å². The number of carbonyl (C=O) groups is 1. The van der Waals surface area contributed by atoms with Crippen molar-refractivity contribution in [2.24, 2.45) is 0 Å². The number of hydrogen-bond donors (Lipinski definition) is 1. The zero-order valence-corrected chi connectivity index (χ0v) is 18.6. The second-order valence-corrected chi connectivity index (χ2v) is 8.52. The second kappa shape index (κ2) is 9.90. The number of anilines is 1. The smallest absolute Gasteiger partial charge is 0.270 e. The Morgan fingerprint density at radius 2 is 1.84 bits per heavy atom. The van der Waals surface area contributed by atoms with Crippen molar-refractivity contribution in [3.05, 3.63) is 88.5 Å². The molecule has 0 bridgehead atoms. The summed E-state index contributed by atoms with van der Waals surface area (Å²) in [5.74, 6) is 0.356. The molecule has 0 fully saturated rings. The van der Waals surface area contributed by atoms with Crippen LogP contribution < -0.4 is 10.2 Å². The van der Waals surface area contributed by atoms with Crippen molar-refractivity contribution in [2.45, 2.75) is 45.6 Å². The van der Waals surface area contributed by atoms with Crippen molar-refractivity contribution in [1.82, 2.24) is 15.3 Å². The fraction of sp³-hybridized carbons (Fsp3) is 0.346. The maximum atomic E-state index is 13.8. The van der Waals surface area contributed by atoms with Crippen LogP contribution >= 0.6 is 0 Å². The zero-order chi connectivity index (χ0) is 22.5. The van der Waals surface area contributed by atoms with E-state index in [1.54, 1.807) is 18.2 Å². The number of hydrogen-bond acceptors (Lipinski definition) is 4. The molecule has 4 rings (SSSR count). The van der Waals surface area contributed by atoms with Crippen LogP contribution in [0.1, 0.15) is 59.1 Å². The van der Waals surface area contributed by atoms with Crippen molar-refractivity contribution in [3.63, 3.8) is 0 Å². The molecule has 0 atom stereocenters. The summed E-state index contributed by atoms with van der Waals surface area (Å²) in [6.45, 7) is 6.14. The third-order valence-corrected chi connectivity index (χ3v) is 5.84. The molecule has 3 aromatic rings. The van der Waals surface area contributed by atoms with E-state index in [-0.39, 0.29) is 17.6 Å². The number of benzene rings is 2. The average Bonchev–Trinajstić information content (AvgIpc) is 2.82. The van der Waals surface area contributed by atoms with Crippen molar-refractivity contribution in [3.8, 4) is 0 Å². The molecule has 6 heteroatoms. The lowest BCUT2D eigenvalue weighted by molar-refractivity contribution is 0.0948. The van der Waals surface area contributed by atoms with Crippen LogP contribution in [0.5, 0.6) is 0 Å². The predicted octanol–water partition coefficient (Wildman–Crippen LogP) is 4.66. The monoisotopic (exact) mass is 432 g/mol. The number of carbonyl (C=O) groups excluding carboxylic acids is 1. The quantitative estimate of drug-likeness (QED) is 0.552. The van der Waals surface area contributed by atoms with Crippen LogP contribution in [0.2, 0.25) is 0 Å². The number of rotatable bonds is 7. The molecular weight excluding hydrogens is 403 g/mol. The minimum Gasteiger partial charge on any atom is -0.351 e. The standard InChI is InChI=1S/C26H29FN4O/c1-18(2)23-16-24(25(32)28-14-7-11-20-9-5-6-12-22(20)27)30-26(29-23)31-15-13-19-8-3-4-10-21(19)17-31/h3-6,8-10,12,16,18H,7,11,13-15,17H2,1-2H3,(H,28,32). The van der Waals surface area contributed by atoms with E-state index >= 15 is 0 Å². The maximum absolute atomic E-state index is 13.8. The molecule has 32 heavy (non-hydrogen) atoms. The normalized spacial score (nSPS) is 13.2. The first-order valence-electron chi connectivity index (χ1n) is 11.2. The number of halogens is 1. The van der Waals surface area contributed by atoms with Gasteiger partial charge in [-0.3, -0.25) is 4.79 Å². The van der Waals surface area contributed by atoms with E-state index < -0.39 is 0 Å². The van der Waals surface area contributed by atoms with Gasteiger partial charge in [-0.25, -0.2) is 14.4 Å². The SMILES string of the molecule is CC(C)c1cc(C(=O)NCCCc2ccccc2F)nc(N2CCc3ccccc3C2)n1. The summed E-state index contributed by atoms with van der Waals surface area (Å²) in [6.07, 6.45) is 2.17. The van der Waals surface area contributed by atoms with E-state index in [1.807, 2.05) is 12.1 Å². The molecule has 1 aliphatic heterocycles. The molecule has 1 aliphatic rings. The van der Waals surface area contributed by atoms with Crippen molar-refractivity contribution < 1.29 is 9.18 Å². The van der Waals surface area contributed by atoms with Gasteiger partial charge in [0, 0.05) is 25.3 Å². The summed E-state index contributed by atoms with van der Waals surface area (Å²) in [5, 5.41) is 2.93. The van der Waals surface area contributed by atoms with Gasteiger partial charge in [-0.05, 0) is 54.0 Å². The van der Waals surface area contributed by atoms with E-state index in [9.17, 15) is 9.18 Å². The minimum atomic E-state index is -0.221. The summed E-state index contributed by atoms with van der Waals surface area (Å²) >= 11 is 0. The molecule has 1 amide bonds. The Balaban J connectivity index is 1.44. The summed E-state index contributed by atoms with van der Waals surface area (Å²) in [7, 11) is 0. The lowest BCUT2D eigenvalue weighted by Gasteiger charge is -2.29. The number of amides is 1. The largest absolute Gasteiger partial charge is 0.351 e. The van der Waals surface area contributed by atoms with Gasteiger partial charge in [0.15, 0.2) is 0 Å². The van der Waals surface area contributed by atoms with Crippen LogP contribution in [0, 0.1) is 5.82 Å². The van der Waals surface area contributed by atoms with E-state index in [2.05, 4.69) is 47.2 Å². The Morgan fingerprint density at radius 3 is 2.62 bits per heavy atom. The zero-order valence-electron chi connectivity index (χ0n) is 18.6. The highest BCUT2D eigenvalue weighted by molar-refractivity contribution is 5.92. The Bertz CT molecular complexity index is 1100. The fourth-order valence-electron chi connectivity index (χ4n) is 3.95. The summed E-state index contributed by atoms with van der Waals surface area (Å²) in [6, 6.07) is 16.9. The minimum absolute atomic E-state index is 0.182. The maximum Gasteiger partial charge on any atom is 0.270 e. The second-order valence-electron chi connectivity index (χ2n) is 8.52. The van der Waals surface area contributed by atoms with Crippen LogP contribution in [0.25, 0.3) is 0 Å². The number of aryl methyl sites for hydroxylation is 1. The van der Waals surface area contributed by atoms with Crippen molar-refractivity contribution >= 4 is 11.9 Å². The molecule has 0 unspecified atom stereocenters. The Labute approximate surface area is 188 Å². The molecule has 0 aliphatic carbocycles. The summed E-state index contributed by atoms with van der Waals surface area (Å²) < 4.78 is 13.8. The lowest BCUT2D eigenvalue weighted by atomic mass is 10.0. The lowest BCUT2D eigenvalue weighted by Crippen LogP contribution is -2.33.